The molecule has 3 N–H and O–H groups in total. The van der Waals surface area contributed by atoms with E-state index in [2.05, 4.69) is 0 Å². The van der Waals surface area contributed by atoms with E-state index in [0.717, 1.165) is 6.04 Å². The second kappa shape index (κ2) is 4.14. The third-order valence-corrected chi connectivity index (χ3v) is 1.09. The summed E-state index contributed by atoms with van der Waals surface area (Å²) in [6.07, 6.45) is 0. The molecule has 5 heavy (non-hydrogen) atoms. The van der Waals surface area contributed by atoms with Gasteiger partial charge in [-0.15, -0.1) is 0 Å². The maximum Gasteiger partial charge on any atom is 0.0910 e. The standard InChI is InChI=1S/C2H9NOSi/c3-5-2-1-4/h4H,1-3,5H2. The molecule has 0 radical (unpaired) electrons. The monoisotopic (exact) mass is 91.0 g/mol. The van der Waals surface area contributed by atoms with Crippen LogP contribution in [-0.2, 0) is 0 Å². The predicted molar refractivity (Wildman–Crippen MR) is 24.6 cm³/mol. The van der Waals surface area contributed by atoms with E-state index in [9.17, 15) is 0 Å². The molecular formula is C2H9NOSi. The van der Waals surface area contributed by atoms with Gasteiger partial charge in [0.2, 0.25) is 0 Å². The molecular weight excluding hydrogens is 82.1 g/mol. The van der Waals surface area contributed by atoms with Gasteiger partial charge in [-0.3, -0.25) is 0 Å². The van der Waals surface area contributed by atoms with Crippen molar-refractivity contribution in [3.05, 3.63) is 0 Å². The number of aliphatic hydroxyl groups excluding tert-OH is 1. The summed E-state index contributed by atoms with van der Waals surface area (Å²) >= 11 is 0. The molecule has 0 aliphatic heterocycles. The maximum absolute atomic E-state index is 8.02. The Kier molecular flexibility index (Phi) is 4.25. The highest BCUT2D eigenvalue weighted by Gasteiger charge is 1.71. The van der Waals surface area contributed by atoms with Crippen LogP contribution in [0.1, 0.15) is 0 Å². The molecule has 0 bridgehead atoms. The number of rotatable bonds is 2. The summed E-state index contributed by atoms with van der Waals surface area (Å²) in [5, 5.41) is 13.1. The molecule has 0 saturated carbocycles. The Morgan fingerprint density at radius 3 is 2.40 bits per heavy atom. The molecule has 0 spiro atoms. The summed E-state index contributed by atoms with van der Waals surface area (Å²) in [4.78, 5) is 0. The van der Waals surface area contributed by atoms with Gasteiger partial charge in [-0.05, 0) is 6.04 Å². The molecule has 2 nitrogen and oxygen atoms in total. The lowest BCUT2D eigenvalue weighted by Gasteiger charge is -1.78. The van der Waals surface area contributed by atoms with Gasteiger partial charge < -0.3 is 10.5 Å². The van der Waals surface area contributed by atoms with Crippen LogP contribution in [0.4, 0.5) is 0 Å². The quantitative estimate of drug-likeness (QED) is 0.404. The third kappa shape index (κ3) is 4.14. The average Bonchev–Trinajstić information content (AvgIpc) is 1.41. The van der Waals surface area contributed by atoms with Gasteiger partial charge in [0, 0.05) is 6.61 Å². The minimum atomic E-state index is -0.336. The number of hydrogen-bond acceptors (Lipinski definition) is 2. The zero-order valence-corrected chi connectivity index (χ0v) is 4.56. The normalized spacial score (nSPS) is 10.8. The highest BCUT2D eigenvalue weighted by atomic mass is 28.2. The lowest BCUT2D eigenvalue weighted by Crippen LogP contribution is -2.04. The molecule has 0 heterocycles. The van der Waals surface area contributed by atoms with Crippen molar-refractivity contribution in [3.63, 3.8) is 0 Å². The summed E-state index contributed by atoms with van der Waals surface area (Å²) in [5.74, 6) is 0. The molecule has 0 amide bonds. The van der Waals surface area contributed by atoms with E-state index < -0.39 is 0 Å². The summed E-state index contributed by atoms with van der Waals surface area (Å²) < 4.78 is 0. The predicted octanol–water partition coefficient (Wildman–Crippen LogP) is -1.56. The van der Waals surface area contributed by atoms with Crippen molar-refractivity contribution in [1.29, 1.82) is 0 Å². The van der Waals surface area contributed by atoms with Crippen LogP contribution in [0, 0.1) is 0 Å². The Balaban J connectivity index is 2.19. The number of hydrogen-bond donors (Lipinski definition) is 2. The fourth-order valence-electron chi connectivity index (χ4n) is 0.0913. The number of nitrogens with two attached hydrogens (primary N) is 1. The van der Waals surface area contributed by atoms with Gasteiger partial charge in [0.25, 0.3) is 0 Å². The van der Waals surface area contributed by atoms with Crippen molar-refractivity contribution < 1.29 is 5.11 Å². The van der Waals surface area contributed by atoms with E-state index in [1.807, 2.05) is 0 Å². The van der Waals surface area contributed by atoms with E-state index in [4.69, 9.17) is 10.5 Å². The molecule has 0 rings (SSSR count). The molecule has 3 heteroatoms. The Labute approximate surface area is 33.9 Å². The highest BCUT2D eigenvalue weighted by molar-refractivity contribution is 6.30. The van der Waals surface area contributed by atoms with Crippen LogP contribution in [0.5, 0.6) is 0 Å². The van der Waals surface area contributed by atoms with Gasteiger partial charge in [0.05, 0.1) is 9.68 Å². The molecule has 0 aromatic rings. The van der Waals surface area contributed by atoms with E-state index in [0.29, 0.717) is 0 Å². The molecule has 0 aliphatic rings. The minimum absolute atomic E-state index is 0.280. The Morgan fingerprint density at radius 1 is 1.80 bits per heavy atom. The van der Waals surface area contributed by atoms with Crippen LogP contribution < -0.4 is 5.40 Å². The first kappa shape index (κ1) is 5.14. The lowest BCUT2D eigenvalue weighted by atomic mass is 10.9. The van der Waals surface area contributed by atoms with Crippen LogP contribution in [0.25, 0.3) is 0 Å². The van der Waals surface area contributed by atoms with Crippen molar-refractivity contribution in [2.75, 3.05) is 6.61 Å². The zero-order valence-electron chi connectivity index (χ0n) is 3.15. The summed E-state index contributed by atoms with van der Waals surface area (Å²) in [6.45, 7) is 0.280. The molecule has 0 unspecified atom stereocenters. The first-order chi connectivity index (χ1) is 2.41. The Hall–Kier alpha value is 0.137. The smallest absolute Gasteiger partial charge is 0.0910 e. The molecule has 0 aliphatic carbocycles. The van der Waals surface area contributed by atoms with E-state index in [1.54, 1.807) is 0 Å². The largest absolute Gasteiger partial charge is 0.397 e. The topological polar surface area (TPSA) is 46.2 Å². The van der Waals surface area contributed by atoms with E-state index in [-0.39, 0.29) is 16.3 Å². The van der Waals surface area contributed by atoms with Gasteiger partial charge in [0.1, 0.15) is 0 Å². The summed E-state index contributed by atoms with van der Waals surface area (Å²) in [5.41, 5.74) is 0. The second-order valence-corrected chi connectivity index (χ2v) is 2.15. The van der Waals surface area contributed by atoms with Crippen molar-refractivity contribution >= 4 is 9.68 Å². The van der Waals surface area contributed by atoms with Crippen LogP contribution in [0.2, 0.25) is 6.04 Å². The fraction of sp³-hybridized carbons (Fsp3) is 1.00. The van der Waals surface area contributed by atoms with Gasteiger partial charge in [0.15, 0.2) is 0 Å². The van der Waals surface area contributed by atoms with Crippen LogP contribution >= 0.6 is 0 Å². The first-order valence-electron chi connectivity index (χ1n) is 1.72. The Bertz CT molecular complexity index is 17.1. The van der Waals surface area contributed by atoms with E-state index >= 15 is 0 Å². The summed E-state index contributed by atoms with van der Waals surface area (Å²) in [7, 11) is -0.336. The molecule has 0 fully saturated rings. The SMILES string of the molecule is N[SiH2]CCO. The zero-order chi connectivity index (χ0) is 4.12. The summed E-state index contributed by atoms with van der Waals surface area (Å²) in [6, 6.07) is 0.861. The lowest BCUT2D eigenvalue weighted by molar-refractivity contribution is 0.318. The van der Waals surface area contributed by atoms with Gasteiger partial charge in [-0.25, -0.2) is 0 Å². The van der Waals surface area contributed by atoms with Crippen LogP contribution in [-0.4, -0.2) is 21.4 Å². The van der Waals surface area contributed by atoms with Crippen molar-refractivity contribution in [1.82, 2.24) is 0 Å². The van der Waals surface area contributed by atoms with Crippen LogP contribution in [0.3, 0.4) is 0 Å². The molecule has 0 saturated heterocycles. The fourth-order valence-corrected chi connectivity index (χ4v) is 0.274. The molecule has 32 valence electrons. The minimum Gasteiger partial charge on any atom is -0.397 e. The third-order valence-electron chi connectivity index (χ3n) is 0.362. The molecule has 0 aromatic heterocycles. The van der Waals surface area contributed by atoms with Gasteiger partial charge in [-0.1, -0.05) is 0 Å². The number of aliphatic hydroxyl groups is 1. The molecule has 0 aromatic carbocycles. The average molecular weight is 91.2 g/mol. The van der Waals surface area contributed by atoms with Crippen molar-refractivity contribution in [2.45, 2.75) is 6.04 Å². The molecule has 0 atom stereocenters. The van der Waals surface area contributed by atoms with Gasteiger partial charge in [-0.2, -0.15) is 0 Å². The second-order valence-electron chi connectivity index (χ2n) is 0.866. The van der Waals surface area contributed by atoms with E-state index in [1.165, 1.54) is 0 Å². The van der Waals surface area contributed by atoms with Crippen molar-refractivity contribution in [2.24, 2.45) is 5.40 Å². The first-order valence-corrected chi connectivity index (χ1v) is 3.54. The maximum atomic E-state index is 8.02. The van der Waals surface area contributed by atoms with Crippen LogP contribution in [0.15, 0.2) is 0 Å². The highest BCUT2D eigenvalue weighted by Crippen LogP contribution is 1.61. The van der Waals surface area contributed by atoms with Gasteiger partial charge >= 0.3 is 0 Å². The Morgan fingerprint density at radius 2 is 2.40 bits per heavy atom. The van der Waals surface area contributed by atoms with Crippen molar-refractivity contribution in [3.8, 4) is 0 Å².